The quantitative estimate of drug-likeness (QED) is 0.760. The van der Waals surface area contributed by atoms with E-state index in [1.807, 2.05) is 7.05 Å². The van der Waals surface area contributed by atoms with E-state index in [0.717, 1.165) is 12.8 Å². The van der Waals surface area contributed by atoms with Crippen molar-refractivity contribution >= 4 is 11.9 Å². The first-order valence-electron chi connectivity index (χ1n) is 5.60. The fraction of sp³-hybridized carbons (Fsp3) is 0.818. The van der Waals surface area contributed by atoms with Crippen LogP contribution in [-0.2, 0) is 9.59 Å². The molecule has 0 aromatic heterocycles. The first kappa shape index (κ1) is 10.5. The molecule has 0 bridgehead atoms. The van der Waals surface area contributed by atoms with Gasteiger partial charge in [0.2, 0.25) is 5.91 Å². The molecule has 0 aromatic carbocycles. The second kappa shape index (κ2) is 3.83. The van der Waals surface area contributed by atoms with Gasteiger partial charge in [-0.3, -0.25) is 9.59 Å². The molecule has 1 amide bonds. The molecule has 2 rings (SSSR count). The zero-order chi connectivity index (χ0) is 11.0. The van der Waals surface area contributed by atoms with Gasteiger partial charge in [0, 0.05) is 13.1 Å². The van der Waals surface area contributed by atoms with E-state index in [1.54, 1.807) is 4.90 Å². The summed E-state index contributed by atoms with van der Waals surface area (Å²) in [5.74, 6) is -1.45. The van der Waals surface area contributed by atoms with E-state index in [-0.39, 0.29) is 11.8 Å². The highest BCUT2D eigenvalue weighted by atomic mass is 16.4. The van der Waals surface area contributed by atoms with Crippen LogP contribution in [0.5, 0.6) is 0 Å². The molecule has 1 N–H and O–H groups in total. The molecule has 0 radical (unpaired) electrons. The van der Waals surface area contributed by atoms with Crippen LogP contribution in [-0.4, -0.2) is 35.0 Å². The predicted octanol–water partition coefficient (Wildman–Crippen LogP) is 1.11. The van der Waals surface area contributed by atoms with E-state index >= 15 is 0 Å². The van der Waals surface area contributed by atoms with Crippen molar-refractivity contribution < 1.29 is 14.7 Å². The van der Waals surface area contributed by atoms with Gasteiger partial charge in [-0.15, -0.1) is 0 Å². The van der Waals surface area contributed by atoms with Gasteiger partial charge in [0.15, 0.2) is 0 Å². The van der Waals surface area contributed by atoms with Gasteiger partial charge in [-0.1, -0.05) is 12.8 Å². The fourth-order valence-corrected chi connectivity index (χ4v) is 2.47. The van der Waals surface area contributed by atoms with Crippen LogP contribution in [0.15, 0.2) is 0 Å². The average Bonchev–Trinajstić information content (AvgIpc) is 2.83. The molecule has 2 atom stereocenters. The lowest BCUT2D eigenvalue weighted by Crippen LogP contribution is -2.36. The van der Waals surface area contributed by atoms with Crippen LogP contribution in [0.1, 0.15) is 32.1 Å². The Labute approximate surface area is 89.3 Å². The molecule has 15 heavy (non-hydrogen) atoms. The number of carboxylic acid groups (broad SMARTS) is 1. The molecule has 2 aliphatic rings. The molecule has 2 aliphatic carbocycles. The Balaban J connectivity index is 1.88. The lowest BCUT2D eigenvalue weighted by atomic mass is 10.2. The topological polar surface area (TPSA) is 57.6 Å². The summed E-state index contributed by atoms with van der Waals surface area (Å²) >= 11 is 0. The van der Waals surface area contributed by atoms with Gasteiger partial charge >= 0.3 is 5.97 Å². The van der Waals surface area contributed by atoms with Crippen molar-refractivity contribution in [2.45, 2.75) is 38.1 Å². The van der Waals surface area contributed by atoms with E-state index in [1.165, 1.54) is 12.8 Å². The Morgan fingerprint density at radius 2 is 1.80 bits per heavy atom. The predicted molar refractivity (Wildman–Crippen MR) is 54.3 cm³/mol. The van der Waals surface area contributed by atoms with Crippen molar-refractivity contribution in [3.05, 3.63) is 0 Å². The fourth-order valence-electron chi connectivity index (χ4n) is 2.47. The first-order chi connectivity index (χ1) is 7.11. The SMILES string of the molecule is CN(C(=O)C1CC1C(=O)O)C1CCCC1. The molecule has 0 spiro atoms. The second-order valence-corrected chi connectivity index (χ2v) is 4.67. The minimum absolute atomic E-state index is 0.0364. The molecule has 2 fully saturated rings. The van der Waals surface area contributed by atoms with Crippen molar-refractivity contribution in [2.24, 2.45) is 11.8 Å². The van der Waals surface area contributed by atoms with Gasteiger partial charge in [0.25, 0.3) is 0 Å². The zero-order valence-corrected chi connectivity index (χ0v) is 8.98. The summed E-state index contributed by atoms with van der Waals surface area (Å²) in [4.78, 5) is 24.3. The standard InChI is InChI=1S/C11H17NO3/c1-12(7-4-2-3-5-7)10(13)8-6-9(8)11(14)15/h7-9H,2-6H2,1H3,(H,14,15). The molecule has 2 unspecified atom stereocenters. The Kier molecular flexibility index (Phi) is 2.67. The largest absolute Gasteiger partial charge is 0.481 e. The molecular weight excluding hydrogens is 194 g/mol. The number of hydrogen-bond acceptors (Lipinski definition) is 2. The number of aliphatic carboxylic acids is 1. The van der Waals surface area contributed by atoms with Crippen LogP contribution in [0.3, 0.4) is 0 Å². The third-order valence-corrected chi connectivity index (χ3v) is 3.64. The summed E-state index contributed by atoms with van der Waals surface area (Å²) in [5.41, 5.74) is 0. The van der Waals surface area contributed by atoms with Crippen molar-refractivity contribution in [2.75, 3.05) is 7.05 Å². The Hall–Kier alpha value is -1.06. The number of hydrogen-bond donors (Lipinski definition) is 1. The van der Waals surface area contributed by atoms with Crippen LogP contribution in [0.25, 0.3) is 0 Å². The summed E-state index contributed by atoms with van der Waals surface area (Å²) in [7, 11) is 1.82. The zero-order valence-electron chi connectivity index (χ0n) is 8.98. The highest BCUT2D eigenvalue weighted by Crippen LogP contribution is 2.40. The maximum Gasteiger partial charge on any atom is 0.307 e. The number of carbonyl (C=O) groups excluding carboxylic acids is 1. The van der Waals surface area contributed by atoms with Gasteiger partial charge < -0.3 is 10.0 Å². The highest BCUT2D eigenvalue weighted by molar-refractivity contribution is 5.89. The second-order valence-electron chi connectivity index (χ2n) is 4.67. The van der Waals surface area contributed by atoms with E-state index in [0.29, 0.717) is 12.5 Å². The first-order valence-corrected chi connectivity index (χ1v) is 5.60. The third-order valence-electron chi connectivity index (χ3n) is 3.64. The number of carboxylic acids is 1. The van der Waals surface area contributed by atoms with Gasteiger partial charge in [0.1, 0.15) is 0 Å². The average molecular weight is 211 g/mol. The normalized spacial score (nSPS) is 30.2. The van der Waals surface area contributed by atoms with E-state index in [2.05, 4.69) is 0 Å². The van der Waals surface area contributed by atoms with Crippen LogP contribution >= 0.6 is 0 Å². The molecule has 0 aromatic rings. The lowest BCUT2D eigenvalue weighted by Gasteiger charge is -2.24. The summed E-state index contributed by atoms with van der Waals surface area (Å²) in [5, 5.41) is 8.75. The molecule has 0 aliphatic heterocycles. The Morgan fingerprint density at radius 3 is 2.27 bits per heavy atom. The molecule has 4 nitrogen and oxygen atoms in total. The van der Waals surface area contributed by atoms with Crippen LogP contribution in [0.2, 0.25) is 0 Å². The van der Waals surface area contributed by atoms with Crippen LogP contribution in [0, 0.1) is 11.8 Å². The lowest BCUT2D eigenvalue weighted by molar-refractivity contribution is -0.142. The van der Waals surface area contributed by atoms with Crippen molar-refractivity contribution in [1.29, 1.82) is 0 Å². The smallest absolute Gasteiger partial charge is 0.307 e. The van der Waals surface area contributed by atoms with Crippen molar-refractivity contribution in [1.82, 2.24) is 4.90 Å². The van der Waals surface area contributed by atoms with E-state index in [9.17, 15) is 9.59 Å². The van der Waals surface area contributed by atoms with Crippen molar-refractivity contribution in [3.63, 3.8) is 0 Å². The van der Waals surface area contributed by atoms with Gasteiger partial charge in [-0.2, -0.15) is 0 Å². The summed E-state index contributed by atoms with van der Waals surface area (Å²) in [6.07, 6.45) is 5.06. The number of amides is 1. The maximum atomic E-state index is 11.9. The summed E-state index contributed by atoms with van der Waals surface area (Å²) in [6, 6.07) is 0.354. The molecule has 0 saturated heterocycles. The monoisotopic (exact) mass is 211 g/mol. The molecule has 2 saturated carbocycles. The number of nitrogens with zero attached hydrogens (tertiary/aromatic N) is 1. The number of carbonyl (C=O) groups is 2. The maximum absolute atomic E-state index is 11.9. The Bertz CT molecular complexity index is 284. The third kappa shape index (κ3) is 1.98. The molecular formula is C11H17NO3. The van der Waals surface area contributed by atoms with Gasteiger partial charge in [-0.05, 0) is 19.3 Å². The van der Waals surface area contributed by atoms with Gasteiger partial charge in [0.05, 0.1) is 11.8 Å². The van der Waals surface area contributed by atoms with Gasteiger partial charge in [-0.25, -0.2) is 0 Å². The highest BCUT2D eigenvalue weighted by Gasteiger charge is 2.50. The molecule has 84 valence electrons. The Morgan fingerprint density at radius 1 is 1.20 bits per heavy atom. The molecule has 0 heterocycles. The van der Waals surface area contributed by atoms with E-state index < -0.39 is 11.9 Å². The van der Waals surface area contributed by atoms with Crippen LogP contribution in [0.4, 0.5) is 0 Å². The van der Waals surface area contributed by atoms with E-state index in [4.69, 9.17) is 5.11 Å². The summed E-state index contributed by atoms with van der Waals surface area (Å²) in [6.45, 7) is 0. The molecule has 4 heteroatoms. The minimum Gasteiger partial charge on any atom is -0.481 e. The minimum atomic E-state index is -0.826. The van der Waals surface area contributed by atoms with Crippen LogP contribution < -0.4 is 0 Å². The summed E-state index contributed by atoms with van der Waals surface area (Å²) < 4.78 is 0. The van der Waals surface area contributed by atoms with Crippen molar-refractivity contribution in [3.8, 4) is 0 Å². The number of rotatable bonds is 3.